The summed E-state index contributed by atoms with van der Waals surface area (Å²) in [7, 11) is 0. The largest absolute Gasteiger partial charge is 0.427 e. The molecule has 2 rings (SSSR count). The van der Waals surface area contributed by atoms with E-state index in [1.807, 2.05) is 4.90 Å². The number of nitrogens with one attached hydrogen (secondary N) is 1. The van der Waals surface area contributed by atoms with Crippen molar-refractivity contribution < 1.29 is 19.1 Å². The molecule has 1 saturated heterocycles. The van der Waals surface area contributed by atoms with Crippen LogP contribution in [0.2, 0.25) is 0 Å². The van der Waals surface area contributed by atoms with Gasteiger partial charge in [0.1, 0.15) is 5.75 Å². The first-order valence-electron chi connectivity index (χ1n) is 9.19. The Kier molecular flexibility index (Phi) is 7.18. The lowest BCUT2D eigenvalue weighted by Crippen LogP contribution is -2.41. The quantitative estimate of drug-likeness (QED) is 0.625. The molecule has 0 saturated carbocycles. The Balaban J connectivity index is 1.78. The van der Waals surface area contributed by atoms with Gasteiger partial charge in [0.05, 0.1) is 0 Å². The third-order valence-electron chi connectivity index (χ3n) is 4.46. The summed E-state index contributed by atoms with van der Waals surface area (Å²) in [6, 6.07) is 6.58. The second-order valence-electron chi connectivity index (χ2n) is 7.25. The third kappa shape index (κ3) is 6.17. The summed E-state index contributed by atoms with van der Waals surface area (Å²) in [5.41, 5.74) is 0.466. The van der Waals surface area contributed by atoms with Crippen molar-refractivity contribution in [3.05, 3.63) is 29.8 Å². The molecule has 142 valence electrons. The van der Waals surface area contributed by atoms with Gasteiger partial charge in [0.15, 0.2) is 0 Å². The van der Waals surface area contributed by atoms with Gasteiger partial charge in [-0.2, -0.15) is 0 Å². The lowest BCUT2D eigenvalue weighted by molar-refractivity contribution is -0.133. The Bertz CT molecular complexity index is 649. The summed E-state index contributed by atoms with van der Waals surface area (Å²) in [6.45, 7) is 7.53. The van der Waals surface area contributed by atoms with Crippen LogP contribution >= 0.6 is 0 Å². The standard InChI is InChI=1S/C20H28N2O4/c1-14(2)11-19(24)22-9-7-16(8-10-22)13-21-20(25)17-5-4-6-18(12-17)26-15(3)23/h4-6,12,14,16H,7-11,13H2,1-3H3,(H,21,25). The molecular weight excluding hydrogens is 332 g/mol. The molecule has 2 amide bonds. The van der Waals surface area contributed by atoms with Crippen molar-refractivity contribution in [2.75, 3.05) is 19.6 Å². The molecule has 1 aromatic rings. The van der Waals surface area contributed by atoms with E-state index in [4.69, 9.17) is 4.74 Å². The zero-order valence-electron chi connectivity index (χ0n) is 15.8. The van der Waals surface area contributed by atoms with E-state index < -0.39 is 5.97 Å². The normalized spacial score (nSPS) is 15.0. The smallest absolute Gasteiger partial charge is 0.308 e. The van der Waals surface area contributed by atoms with Crippen molar-refractivity contribution in [3.8, 4) is 5.75 Å². The minimum Gasteiger partial charge on any atom is -0.427 e. The van der Waals surface area contributed by atoms with Gasteiger partial charge in [0.2, 0.25) is 5.91 Å². The van der Waals surface area contributed by atoms with E-state index in [0.29, 0.717) is 36.1 Å². The minimum absolute atomic E-state index is 0.183. The molecule has 1 aliphatic heterocycles. The number of hydrogen-bond acceptors (Lipinski definition) is 4. The zero-order valence-corrected chi connectivity index (χ0v) is 15.8. The van der Waals surface area contributed by atoms with Crippen molar-refractivity contribution in [3.63, 3.8) is 0 Å². The molecule has 1 aromatic carbocycles. The predicted molar refractivity (Wildman–Crippen MR) is 98.8 cm³/mol. The van der Waals surface area contributed by atoms with E-state index in [9.17, 15) is 14.4 Å². The Morgan fingerprint density at radius 2 is 1.92 bits per heavy atom. The van der Waals surface area contributed by atoms with Crippen LogP contribution in [0.25, 0.3) is 0 Å². The molecule has 0 bridgehead atoms. The molecule has 1 heterocycles. The number of benzene rings is 1. The van der Waals surface area contributed by atoms with E-state index in [1.165, 1.54) is 6.92 Å². The fourth-order valence-corrected chi connectivity index (χ4v) is 3.07. The number of amides is 2. The maximum atomic E-state index is 12.3. The first-order valence-corrected chi connectivity index (χ1v) is 9.19. The highest BCUT2D eigenvalue weighted by Gasteiger charge is 2.23. The van der Waals surface area contributed by atoms with Gasteiger partial charge in [-0.25, -0.2) is 0 Å². The van der Waals surface area contributed by atoms with E-state index in [0.717, 1.165) is 25.9 Å². The number of piperidine rings is 1. The molecule has 0 spiro atoms. The summed E-state index contributed by atoms with van der Waals surface area (Å²) < 4.78 is 5.00. The topological polar surface area (TPSA) is 75.7 Å². The Labute approximate surface area is 154 Å². The van der Waals surface area contributed by atoms with E-state index in [-0.39, 0.29) is 11.8 Å². The molecule has 6 heteroatoms. The fourth-order valence-electron chi connectivity index (χ4n) is 3.07. The van der Waals surface area contributed by atoms with Crippen LogP contribution in [0.4, 0.5) is 0 Å². The van der Waals surface area contributed by atoms with Crippen LogP contribution in [0, 0.1) is 11.8 Å². The molecule has 1 N–H and O–H groups in total. The van der Waals surface area contributed by atoms with Crippen LogP contribution < -0.4 is 10.1 Å². The highest BCUT2D eigenvalue weighted by molar-refractivity contribution is 5.94. The zero-order chi connectivity index (χ0) is 19.1. The second-order valence-corrected chi connectivity index (χ2v) is 7.25. The summed E-state index contributed by atoms with van der Waals surface area (Å²) in [6.07, 6.45) is 2.40. The van der Waals surface area contributed by atoms with Gasteiger partial charge in [-0.1, -0.05) is 19.9 Å². The van der Waals surface area contributed by atoms with Crippen LogP contribution in [0.15, 0.2) is 24.3 Å². The third-order valence-corrected chi connectivity index (χ3v) is 4.46. The van der Waals surface area contributed by atoms with Gasteiger partial charge in [-0.05, 0) is 42.9 Å². The van der Waals surface area contributed by atoms with E-state index >= 15 is 0 Å². The highest BCUT2D eigenvalue weighted by atomic mass is 16.5. The molecule has 0 aromatic heterocycles. The lowest BCUT2D eigenvalue weighted by Gasteiger charge is -2.32. The maximum absolute atomic E-state index is 12.3. The predicted octanol–water partition coefficient (Wildman–Crippen LogP) is 2.63. The lowest BCUT2D eigenvalue weighted by atomic mass is 9.96. The Morgan fingerprint density at radius 1 is 1.23 bits per heavy atom. The van der Waals surface area contributed by atoms with Gasteiger partial charge < -0.3 is 15.0 Å². The molecule has 1 aliphatic rings. The second kappa shape index (κ2) is 9.36. The SMILES string of the molecule is CC(=O)Oc1cccc(C(=O)NCC2CCN(C(=O)CC(C)C)CC2)c1. The molecule has 6 nitrogen and oxygen atoms in total. The number of carbonyl (C=O) groups is 3. The van der Waals surface area contributed by atoms with E-state index in [1.54, 1.807) is 24.3 Å². The van der Waals surface area contributed by atoms with Gasteiger partial charge in [-0.15, -0.1) is 0 Å². The van der Waals surface area contributed by atoms with Crippen molar-refractivity contribution in [2.45, 2.75) is 40.0 Å². The van der Waals surface area contributed by atoms with Gasteiger partial charge >= 0.3 is 5.97 Å². The van der Waals surface area contributed by atoms with Crippen LogP contribution in [-0.2, 0) is 9.59 Å². The minimum atomic E-state index is -0.415. The average Bonchev–Trinajstić information content (AvgIpc) is 2.59. The monoisotopic (exact) mass is 360 g/mol. The maximum Gasteiger partial charge on any atom is 0.308 e. The summed E-state index contributed by atoms with van der Waals surface area (Å²) in [5, 5.41) is 2.94. The number of ether oxygens (including phenoxy) is 1. The molecular formula is C20H28N2O4. The molecule has 26 heavy (non-hydrogen) atoms. The number of carbonyl (C=O) groups excluding carboxylic acids is 3. The van der Waals surface area contributed by atoms with Crippen LogP contribution in [0.1, 0.15) is 50.4 Å². The Hall–Kier alpha value is -2.37. The average molecular weight is 360 g/mol. The fraction of sp³-hybridized carbons (Fsp3) is 0.550. The first kappa shape index (κ1) is 19.9. The van der Waals surface area contributed by atoms with Crippen LogP contribution in [-0.4, -0.2) is 42.3 Å². The van der Waals surface area contributed by atoms with Crippen molar-refractivity contribution in [1.82, 2.24) is 10.2 Å². The van der Waals surface area contributed by atoms with Gasteiger partial charge in [0, 0.05) is 38.5 Å². The van der Waals surface area contributed by atoms with Gasteiger partial charge in [0.25, 0.3) is 5.91 Å². The molecule has 0 atom stereocenters. The summed E-state index contributed by atoms with van der Waals surface area (Å²) in [5.74, 6) is 0.742. The van der Waals surface area contributed by atoms with Crippen molar-refractivity contribution in [1.29, 1.82) is 0 Å². The van der Waals surface area contributed by atoms with Crippen molar-refractivity contribution in [2.24, 2.45) is 11.8 Å². The van der Waals surface area contributed by atoms with Crippen LogP contribution in [0.3, 0.4) is 0 Å². The van der Waals surface area contributed by atoms with Crippen molar-refractivity contribution >= 4 is 17.8 Å². The number of likely N-dealkylation sites (tertiary alicyclic amines) is 1. The summed E-state index contributed by atoms with van der Waals surface area (Å²) >= 11 is 0. The number of esters is 1. The number of hydrogen-bond donors (Lipinski definition) is 1. The molecule has 0 aliphatic carbocycles. The number of nitrogens with zero attached hydrogens (tertiary/aromatic N) is 1. The number of rotatable bonds is 6. The van der Waals surface area contributed by atoms with Crippen LogP contribution in [0.5, 0.6) is 5.75 Å². The molecule has 0 radical (unpaired) electrons. The first-order chi connectivity index (χ1) is 12.3. The molecule has 1 fully saturated rings. The Morgan fingerprint density at radius 3 is 2.54 bits per heavy atom. The highest BCUT2D eigenvalue weighted by Crippen LogP contribution is 2.19. The molecule has 0 unspecified atom stereocenters. The summed E-state index contributed by atoms with van der Waals surface area (Å²) in [4.78, 5) is 37.3. The van der Waals surface area contributed by atoms with E-state index in [2.05, 4.69) is 19.2 Å². The van der Waals surface area contributed by atoms with Gasteiger partial charge in [-0.3, -0.25) is 14.4 Å².